The van der Waals surface area contributed by atoms with E-state index in [1.807, 2.05) is 20.8 Å². The molecule has 19 heavy (non-hydrogen) atoms. The van der Waals surface area contributed by atoms with Gasteiger partial charge in [0.15, 0.2) is 0 Å². The molecule has 104 valence electrons. The zero-order chi connectivity index (χ0) is 14.6. The molecule has 0 spiro atoms. The van der Waals surface area contributed by atoms with E-state index in [4.69, 9.17) is 0 Å². The van der Waals surface area contributed by atoms with Gasteiger partial charge in [0, 0.05) is 0 Å². The summed E-state index contributed by atoms with van der Waals surface area (Å²) >= 11 is 0. The number of hydrogen-bond donors (Lipinski definition) is 0. The third-order valence-electron chi connectivity index (χ3n) is 3.67. The molecule has 1 aliphatic carbocycles. The van der Waals surface area contributed by atoms with E-state index < -0.39 is 6.17 Å². The summed E-state index contributed by atoms with van der Waals surface area (Å²) in [4.78, 5) is 0. The summed E-state index contributed by atoms with van der Waals surface area (Å²) in [6.07, 6.45) is 6.74. The van der Waals surface area contributed by atoms with Crippen molar-refractivity contribution in [1.82, 2.24) is 0 Å². The van der Waals surface area contributed by atoms with Gasteiger partial charge in [-0.1, -0.05) is 37.0 Å². The van der Waals surface area contributed by atoms with Crippen LogP contribution < -0.4 is 0 Å². The lowest BCUT2D eigenvalue weighted by atomic mass is 9.93. The smallest absolute Gasteiger partial charge is 0.143 e. The first-order valence-corrected chi connectivity index (χ1v) is 6.89. The minimum absolute atomic E-state index is 0.573. The van der Waals surface area contributed by atoms with Crippen LogP contribution in [0.25, 0.3) is 0 Å². The second-order valence-corrected chi connectivity index (χ2v) is 5.42. The van der Waals surface area contributed by atoms with Crippen LogP contribution in [0.3, 0.4) is 0 Å². The summed E-state index contributed by atoms with van der Waals surface area (Å²) in [5.74, 6) is 0.573. The lowest BCUT2D eigenvalue weighted by Crippen LogP contribution is -2.03. The minimum atomic E-state index is -1.09. The Hall–Kier alpha value is -1.37. The van der Waals surface area contributed by atoms with Gasteiger partial charge in [-0.05, 0) is 68.7 Å². The molecule has 0 saturated heterocycles. The lowest BCUT2D eigenvalue weighted by Gasteiger charge is -2.14. The van der Waals surface area contributed by atoms with Gasteiger partial charge in [-0.15, -0.1) is 0 Å². The van der Waals surface area contributed by atoms with E-state index in [-0.39, 0.29) is 0 Å². The van der Waals surface area contributed by atoms with Gasteiger partial charge in [0.25, 0.3) is 0 Å². The largest absolute Gasteiger partial charge is 0.238 e. The topological polar surface area (TPSA) is 0 Å². The molecule has 1 aliphatic rings. The fourth-order valence-corrected chi connectivity index (χ4v) is 1.96. The molecule has 0 N–H and O–H groups in total. The fourth-order valence-electron chi connectivity index (χ4n) is 1.96. The molecule has 0 bridgehead atoms. The summed E-state index contributed by atoms with van der Waals surface area (Å²) in [5.41, 5.74) is 5.02. The summed E-state index contributed by atoms with van der Waals surface area (Å²) in [5, 5.41) is 0. The van der Waals surface area contributed by atoms with Gasteiger partial charge in [-0.25, -0.2) is 4.39 Å². The Bertz CT molecular complexity index is 456. The van der Waals surface area contributed by atoms with Crippen LogP contribution in [0.1, 0.15) is 40.5 Å². The second-order valence-electron chi connectivity index (χ2n) is 5.42. The maximum atomic E-state index is 13.9. The van der Waals surface area contributed by atoms with Crippen LogP contribution in [0, 0.1) is 5.92 Å². The number of halogens is 1. The van der Waals surface area contributed by atoms with E-state index in [9.17, 15) is 4.39 Å². The van der Waals surface area contributed by atoms with Gasteiger partial charge >= 0.3 is 0 Å². The Morgan fingerprint density at radius 3 is 2.21 bits per heavy atom. The molecule has 0 amide bonds. The first-order valence-electron chi connectivity index (χ1n) is 6.89. The minimum Gasteiger partial charge on any atom is -0.238 e. The molecule has 1 unspecified atom stereocenters. The molecule has 0 radical (unpaired) electrons. The average Bonchev–Trinajstić information content (AvgIpc) is 3.18. The number of hydrogen-bond acceptors (Lipinski definition) is 0. The van der Waals surface area contributed by atoms with Crippen LogP contribution in [0.5, 0.6) is 0 Å². The molecule has 1 rings (SSSR count). The highest BCUT2D eigenvalue weighted by Crippen LogP contribution is 2.41. The van der Waals surface area contributed by atoms with Crippen molar-refractivity contribution in [1.29, 1.82) is 0 Å². The Morgan fingerprint density at radius 2 is 1.79 bits per heavy atom. The van der Waals surface area contributed by atoms with Gasteiger partial charge in [0.1, 0.15) is 6.17 Å². The Balaban J connectivity index is 3.08. The Kier molecular flexibility index (Phi) is 5.53. The van der Waals surface area contributed by atoms with Crippen LogP contribution in [-0.4, -0.2) is 6.17 Å². The molecular formula is C18H25F. The van der Waals surface area contributed by atoms with Crippen molar-refractivity contribution in [2.75, 3.05) is 0 Å². The van der Waals surface area contributed by atoms with Crippen molar-refractivity contribution in [3.8, 4) is 0 Å². The van der Waals surface area contributed by atoms with E-state index >= 15 is 0 Å². The summed E-state index contributed by atoms with van der Waals surface area (Å²) in [7, 11) is 0. The van der Waals surface area contributed by atoms with Crippen molar-refractivity contribution in [3.63, 3.8) is 0 Å². The Morgan fingerprint density at radius 1 is 1.21 bits per heavy atom. The summed E-state index contributed by atoms with van der Waals surface area (Å²) in [6, 6.07) is 0. The summed E-state index contributed by atoms with van der Waals surface area (Å²) < 4.78 is 13.9. The van der Waals surface area contributed by atoms with E-state index in [0.717, 1.165) is 16.7 Å². The molecule has 1 saturated carbocycles. The van der Waals surface area contributed by atoms with Crippen LogP contribution in [-0.2, 0) is 0 Å². The van der Waals surface area contributed by atoms with E-state index in [2.05, 4.69) is 26.2 Å². The molecule has 1 fully saturated rings. The highest BCUT2D eigenvalue weighted by molar-refractivity contribution is 5.46. The maximum Gasteiger partial charge on any atom is 0.143 e. The SMILES string of the molecule is C=C(C)/C(C)=C\C(=C(\C)C(=C)C(F)/C=C/C)C1CC1. The van der Waals surface area contributed by atoms with Crippen molar-refractivity contribution in [2.45, 2.75) is 46.7 Å². The first kappa shape index (κ1) is 15.7. The predicted octanol–water partition coefficient (Wildman–Crippen LogP) is 5.71. The molecule has 0 aromatic rings. The van der Waals surface area contributed by atoms with Gasteiger partial charge in [-0.3, -0.25) is 0 Å². The number of allylic oxidation sites excluding steroid dienone is 8. The van der Waals surface area contributed by atoms with Crippen molar-refractivity contribution in [2.24, 2.45) is 5.92 Å². The van der Waals surface area contributed by atoms with E-state index in [0.29, 0.717) is 11.5 Å². The van der Waals surface area contributed by atoms with Crippen molar-refractivity contribution in [3.05, 3.63) is 59.3 Å². The van der Waals surface area contributed by atoms with Crippen LogP contribution in [0.15, 0.2) is 59.3 Å². The molecule has 0 aromatic heterocycles. The molecule has 0 nitrogen and oxygen atoms in total. The Labute approximate surface area is 117 Å². The molecule has 1 heteroatoms. The second kappa shape index (κ2) is 6.70. The molecule has 0 heterocycles. The van der Waals surface area contributed by atoms with E-state index in [1.165, 1.54) is 18.4 Å². The molecule has 0 aliphatic heterocycles. The highest BCUT2D eigenvalue weighted by Gasteiger charge is 2.27. The van der Waals surface area contributed by atoms with Gasteiger partial charge in [0.2, 0.25) is 0 Å². The number of rotatable bonds is 6. The van der Waals surface area contributed by atoms with E-state index in [1.54, 1.807) is 12.2 Å². The average molecular weight is 260 g/mol. The standard InChI is InChI=1S/C18H25F/c1-7-8-18(19)15(6)14(5)17(16-9-10-16)11-13(4)12(2)3/h7-8,11,16,18H,2,6,9-10H2,1,3-5H3/b8-7+,13-11-,17-14+. The molecular weight excluding hydrogens is 235 g/mol. The number of alkyl halides is 1. The van der Waals surface area contributed by atoms with Crippen molar-refractivity contribution >= 4 is 0 Å². The quantitative estimate of drug-likeness (QED) is 0.424. The van der Waals surface area contributed by atoms with Crippen molar-refractivity contribution < 1.29 is 4.39 Å². The van der Waals surface area contributed by atoms with Crippen LogP contribution in [0.2, 0.25) is 0 Å². The zero-order valence-corrected chi connectivity index (χ0v) is 12.6. The normalized spacial score (nSPS) is 19.3. The summed E-state index contributed by atoms with van der Waals surface area (Å²) in [6.45, 7) is 15.7. The third-order valence-corrected chi connectivity index (χ3v) is 3.67. The molecule has 1 atom stereocenters. The van der Waals surface area contributed by atoms with Crippen LogP contribution in [0.4, 0.5) is 4.39 Å². The van der Waals surface area contributed by atoms with Gasteiger partial charge in [-0.2, -0.15) is 0 Å². The fraction of sp³-hybridized carbons (Fsp3) is 0.444. The third kappa shape index (κ3) is 4.34. The lowest BCUT2D eigenvalue weighted by molar-refractivity contribution is 0.453. The maximum absolute atomic E-state index is 13.9. The van der Waals surface area contributed by atoms with Gasteiger partial charge < -0.3 is 0 Å². The highest BCUT2D eigenvalue weighted by atomic mass is 19.1. The monoisotopic (exact) mass is 260 g/mol. The zero-order valence-electron chi connectivity index (χ0n) is 12.6. The molecule has 0 aromatic carbocycles. The van der Waals surface area contributed by atoms with Crippen LogP contribution >= 0.6 is 0 Å². The van der Waals surface area contributed by atoms with Gasteiger partial charge in [0.05, 0.1) is 0 Å². The first-order chi connectivity index (χ1) is 8.88. The predicted molar refractivity (Wildman–Crippen MR) is 82.8 cm³/mol.